The molecule has 2 aromatic carbocycles. The number of amides is 1. The van der Waals surface area contributed by atoms with E-state index in [1.807, 2.05) is 11.0 Å². The Morgan fingerprint density at radius 2 is 1.58 bits per heavy atom. The Morgan fingerprint density at radius 1 is 0.889 bits per heavy atom. The van der Waals surface area contributed by atoms with Gasteiger partial charge in [-0.3, -0.25) is 4.79 Å². The topological polar surface area (TPSA) is 115 Å². The van der Waals surface area contributed by atoms with Crippen molar-refractivity contribution < 1.29 is 27.2 Å². The van der Waals surface area contributed by atoms with Gasteiger partial charge in [-0.25, -0.2) is 8.42 Å². The highest BCUT2D eigenvalue weighted by Gasteiger charge is 2.34. The first kappa shape index (κ1) is 23.0. The van der Waals surface area contributed by atoms with Gasteiger partial charge in [0.25, 0.3) is 5.89 Å². The second-order valence-electron chi connectivity index (χ2n) is 9.23. The number of aromatic nitrogens is 2. The summed E-state index contributed by atoms with van der Waals surface area (Å²) in [5.74, 6) is 2.05. The fraction of sp³-hybridized carbons (Fsp3) is 0.400. The predicted octanol–water partition coefficient (Wildman–Crippen LogP) is 3.16. The standard InChI is InChI=1S/C25H26N4O6S/c30-25(28-11-1-2-12-28)18-9-13-29(14-10-18)36(31,32)20-6-3-17(4-7-20)23-26-24(35-27-23)19-5-8-21-22(15-19)34-16-33-21/h3-8,15,18H,1-2,9-14,16H2. The average molecular weight is 511 g/mol. The summed E-state index contributed by atoms with van der Waals surface area (Å²) in [6, 6.07) is 11.8. The van der Waals surface area contributed by atoms with Gasteiger partial charge in [0.05, 0.1) is 4.90 Å². The number of fused-ring (bicyclic) bond motifs is 1. The smallest absolute Gasteiger partial charge is 0.258 e. The molecule has 6 rings (SSSR count). The molecule has 0 saturated carbocycles. The van der Waals surface area contributed by atoms with Crippen molar-refractivity contribution in [2.75, 3.05) is 33.0 Å². The molecular weight excluding hydrogens is 484 g/mol. The average Bonchev–Trinajstić information content (AvgIpc) is 3.70. The fourth-order valence-electron chi connectivity index (χ4n) is 4.95. The van der Waals surface area contributed by atoms with Crippen LogP contribution in [0.2, 0.25) is 0 Å². The van der Waals surface area contributed by atoms with Crippen LogP contribution in [0.3, 0.4) is 0 Å². The number of hydrogen-bond donors (Lipinski definition) is 0. The summed E-state index contributed by atoms with van der Waals surface area (Å²) in [4.78, 5) is 19.2. The van der Waals surface area contributed by atoms with Gasteiger partial charge < -0.3 is 18.9 Å². The Hall–Kier alpha value is -3.44. The largest absolute Gasteiger partial charge is 0.454 e. The summed E-state index contributed by atoms with van der Waals surface area (Å²) >= 11 is 0. The lowest BCUT2D eigenvalue weighted by Gasteiger charge is -2.32. The zero-order chi connectivity index (χ0) is 24.7. The van der Waals surface area contributed by atoms with E-state index in [2.05, 4.69) is 10.1 Å². The Balaban J connectivity index is 1.13. The van der Waals surface area contributed by atoms with Gasteiger partial charge in [-0.1, -0.05) is 5.16 Å². The molecule has 0 N–H and O–H groups in total. The first-order valence-corrected chi connectivity index (χ1v) is 13.6. The van der Waals surface area contributed by atoms with Crippen molar-refractivity contribution in [3.8, 4) is 34.3 Å². The number of nitrogens with zero attached hydrogens (tertiary/aromatic N) is 4. The number of sulfonamides is 1. The Labute approximate surface area is 208 Å². The molecule has 0 atom stereocenters. The SMILES string of the molecule is O=C(C1CCN(S(=O)(=O)c2ccc(-c3noc(-c4ccc5c(c4)OCO5)n3)cc2)CC1)N1CCCC1. The number of piperidine rings is 1. The molecule has 10 nitrogen and oxygen atoms in total. The fourth-order valence-corrected chi connectivity index (χ4v) is 6.42. The Bertz CT molecular complexity index is 1370. The minimum atomic E-state index is -3.65. The quantitative estimate of drug-likeness (QED) is 0.514. The molecule has 2 fully saturated rings. The van der Waals surface area contributed by atoms with Crippen molar-refractivity contribution >= 4 is 15.9 Å². The monoisotopic (exact) mass is 510 g/mol. The molecule has 36 heavy (non-hydrogen) atoms. The van der Waals surface area contributed by atoms with Crippen LogP contribution in [0.25, 0.3) is 22.8 Å². The van der Waals surface area contributed by atoms with Crippen molar-refractivity contribution in [1.29, 1.82) is 0 Å². The van der Waals surface area contributed by atoms with E-state index in [-0.39, 0.29) is 23.5 Å². The van der Waals surface area contributed by atoms with Gasteiger partial charge in [-0.05, 0) is 68.1 Å². The third-order valence-electron chi connectivity index (χ3n) is 7.02. The van der Waals surface area contributed by atoms with Crippen LogP contribution in [0.1, 0.15) is 25.7 Å². The molecule has 3 aliphatic heterocycles. The summed E-state index contributed by atoms with van der Waals surface area (Å²) < 4.78 is 44.0. The van der Waals surface area contributed by atoms with Crippen molar-refractivity contribution in [3.63, 3.8) is 0 Å². The third-order valence-corrected chi connectivity index (χ3v) is 8.93. The molecule has 2 saturated heterocycles. The Morgan fingerprint density at radius 3 is 2.33 bits per heavy atom. The molecule has 0 bridgehead atoms. The second kappa shape index (κ2) is 9.21. The molecule has 1 aromatic heterocycles. The predicted molar refractivity (Wildman–Crippen MR) is 129 cm³/mol. The van der Waals surface area contributed by atoms with Crippen LogP contribution in [-0.4, -0.2) is 66.6 Å². The van der Waals surface area contributed by atoms with Crippen LogP contribution in [0.4, 0.5) is 0 Å². The van der Waals surface area contributed by atoms with Crippen molar-refractivity contribution in [3.05, 3.63) is 42.5 Å². The molecular formula is C25H26N4O6S. The normalized spacial score (nSPS) is 18.6. The molecule has 188 valence electrons. The number of likely N-dealkylation sites (tertiary alicyclic amines) is 1. The van der Waals surface area contributed by atoms with Crippen molar-refractivity contribution in [1.82, 2.24) is 19.3 Å². The van der Waals surface area contributed by atoms with Crippen LogP contribution in [0.15, 0.2) is 51.9 Å². The third kappa shape index (κ3) is 4.22. The van der Waals surface area contributed by atoms with E-state index >= 15 is 0 Å². The summed E-state index contributed by atoms with van der Waals surface area (Å²) in [6.45, 7) is 2.51. The van der Waals surface area contributed by atoms with E-state index in [9.17, 15) is 13.2 Å². The lowest BCUT2D eigenvalue weighted by Crippen LogP contribution is -2.43. The van der Waals surface area contributed by atoms with Crippen molar-refractivity contribution in [2.45, 2.75) is 30.6 Å². The van der Waals surface area contributed by atoms with Crippen LogP contribution in [0, 0.1) is 5.92 Å². The maximum atomic E-state index is 13.2. The van der Waals surface area contributed by atoms with Gasteiger partial charge >= 0.3 is 0 Å². The highest BCUT2D eigenvalue weighted by molar-refractivity contribution is 7.89. The van der Waals surface area contributed by atoms with E-state index in [0.29, 0.717) is 60.3 Å². The summed E-state index contributed by atoms with van der Waals surface area (Å²) in [5.41, 5.74) is 1.34. The molecule has 0 radical (unpaired) electrons. The number of ether oxygens (including phenoxy) is 2. The van der Waals surface area contributed by atoms with Crippen LogP contribution < -0.4 is 9.47 Å². The number of rotatable bonds is 5. The molecule has 1 amide bonds. The van der Waals surface area contributed by atoms with E-state index in [4.69, 9.17) is 14.0 Å². The summed E-state index contributed by atoms with van der Waals surface area (Å²) in [7, 11) is -3.65. The summed E-state index contributed by atoms with van der Waals surface area (Å²) in [6.07, 6.45) is 3.22. The van der Waals surface area contributed by atoms with E-state index in [1.54, 1.807) is 36.4 Å². The van der Waals surface area contributed by atoms with E-state index in [1.165, 1.54) is 4.31 Å². The lowest BCUT2D eigenvalue weighted by molar-refractivity contribution is -0.135. The van der Waals surface area contributed by atoms with Gasteiger partial charge in [0.1, 0.15) is 0 Å². The van der Waals surface area contributed by atoms with E-state index < -0.39 is 10.0 Å². The van der Waals surface area contributed by atoms with Crippen LogP contribution in [0.5, 0.6) is 11.5 Å². The molecule has 3 aromatic rings. The zero-order valence-corrected chi connectivity index (χ0v) is 20.4. The number of carbonyl (C=O) groups is 1. The van der Waals surface area contributed by atoms with Gasteiger partial charge in [0.15, 0.2) is 11.5 Å². The lowest BCUT2D eigenvalue weighted by atomic mass is 9.97. The zero-order valence-electron chi connectivity index (χ0n) is 19.6. The highest BCUT2D eigenvalue weighted by Crippen LogP contribution is 2.36. The summed E-state index contributed by atoms with van der Waals surface area (Å²) in [5, 5.41) is 4.04. The first-order chi connectivity index (χ1) is 17.5. The van der Waals surface area contributed by atoms with Crippen LogP contribution in [-0.2, 0) is 14.8 Å². The first-order valence-electron chi connectivity index (χ1n) is 12.1. The maximum absolute atomic E-state index is 13.2. The Kier molecular flexibility index (Phi) is 5.88. The molecule has 0 spiro atoms. The van der Waals surface area contributed by atoms with Gasteiger partial charge in [0.2, 0.25) is 28.5 Å². The molecule has 0 aliphatic carbocycles. The number of hydrogen-bond acceptors (Lipinski definition) is 8. The second-order valence-corrected chi connectivity index (χ2v) is 11.2. The minimum Gasteiger partial charge on any atom is -0.454 e. The molecule has 0 unspecified atom stereocenters. The number of benzene rings is 2. The minimum absolute atomic E-state index is 0.0888. The van der Waals surface area contributed by atoms with Gasteiger partial charge in [-0.15, -0.1) is 0 Å². The van der Waals surface area contributed by atoms with Gasteiger partial charge in [0, 0.05) is 43.2 Å². The van der Waals surface area contributed by atoms with Gasteiger partial charge in [-0.2, -0.15) is 9.29 Å². The molecule has 11 heteroatoms. The molecule has 3 aliphatic rings. The highest BCUT2D eigenvalue weighted by atomic mass is 32.2. The van der Waals surface area contributed by atoms with Crippen LogP contribution >= 0.6 is 0 Å². The van der Waals surface area contributed by atoms with E-state index in [0.717, 1.165) is 25.9 Å². The molecule has 4 heterocycles. The van der Waals surface area contributed by atoms with Crippen molar-refractivity contribution in [2.24, 2.45) is 5.92 Å². The maximum Gasteiger partial charge on any atom is 0.258 e. The number of carbonyl (C=O) groups excluding carboxylic acids is 1.